The van der Waals surface area contributed by atoms with Crippen molar-refractivity contribution >= 4 is 5.91 Å². The average Bonchev–Trinajstić information content (AvgIpc) is 2.76. The van der Waals surface area contributed by atoms with Crippen LogP contribution in [0.25, 0.3) is 0 Å². The third-order valence-electron chi connectivity index (χ3n) is 4.44. The number of carbonyl (C=O) groups is 1. The highest BCUT2D eigenvalue weighted by Crippen LogP contribution is 2.24. The summed E-state index contributed by atoms with van der Waals surface area (Å²) in [7, 11) is 0. The molecule has 0 saturated heterocycles. The number of para-hydroxylation sites is 1. The molecule has 0 fully saturated rings. The molecular formula is C24H22FN3O3. The Balaban J connectivity index is 1.71. The van der Waals surface area contributed by atoms with E-state index in [1.165, 1.54) is 12.1 Å². The van der Waals surface area contributed by atoms with Crippen LogP contribution in [0.15, 0.2) is 66.9 Å². The second-order valence-electron chi connectivity index (χ2n) is 7.14. The summed E-state index contributed by atoms with van der Waals surface area (Å²) in [6.45, 7) is 3.87. The second kappa shape index (κ2) is 10.2. The molecule has 0 aliphatic heterocycles. The first-order valence-electron chi connectivity index (χ1n) is 9.78. The van der Waals surface area contributed by atoms with Gasteiger partial charge in [-0.3, -0.25) is 4.79 Å². The summed E-state index contributed by atoms with van der Waals surface area (Å²) in [5.74, 6) is 0.0493. The lowest BCUT2D eigenvalue weighted by atomic mass is 10.1. The van der Waals surface area contributed by atoms with Crippen LogP contribution in [0.4, 0.5) is 4.39 Å². The van der Waals surface area contributed by atoms with Gasteiger partial charge < -0.3 is 14.8 Å². The highest BCUT2D eigenvalue weighted by molar-refractivity contribution is 5.81. The Morgan fingerprint density at radius 3 is 2.71 bits per heavy atom. The van der Waals surface area contributed by atoms with Crippen molar-refractivity contribution in [1.29, 1.82) is 5.26 Å². The molecule has 0 aliphatic carbocycles. The first-order valence-corrected chi connectivity index (χ1v) is 9.78. The molecule has 0 aliphatic rings. The predicted molar refractivity (Wildman–Crippen MR) is 113 cm³/mol. The topological polar surface area (TPSA) is 84.2 Å². The zero-order chi connectivity index (χ0) is 22.2. The quantitative estimate of drug-likeness (QED) is 0.577. The number of hydrogen-bond donors (Lipinski definition) is 1. The van der Waals surface area contributed by atoms with Crippen molar-refractivity contribution in [3.63, 3.8) is 0 Å². The number of rotatable bonds is 8. The summed E-state index contributed by atoms with van der Waals surface area (Å²) in [5.41, 5.74) is 0.985. The molecule has 31 heavy (non-hydrogen) atoms. The van der Waals surface area contributed by atoms with Crippen molar-refractivity contribution in [3.05, 3.63) is 83.8 Å². The lowest BCUT2D eigenvalue weighted by molar-refractivity contribution is -0.130. The Bertz CT molecular complexity index is 1100. The van der Waals surface area contributed by atoms with Crippen LogP contribution in [0.3, 0.4) is 0 Å². The lowest BCUT2D eigenvalue weighted by Gasteiger charge is -2.22. The SMILES string of the molecule is CC(C)C(Oc1ccccc1C#N)C(=O)NCc1cccnc1Oc1cccc(F)c1. The molecule has 1 N–H and O–H groups in total. The number of ether oxygens (including phenoxy) is 2. The van der Waals surface area contributed by atoms with Crippen LogP contribution in [0, 0.1) is 23.1 Å². The van der Waals surface area contributed by atoms with Gasteiger partial charge in [-0.25, -0.2) is 9.37 Å². The Morgan fingerprint density at radius 1 is 1.16 bits per heavy atom. The zero-order valence-electron chi connectivity index (χ0n) is 17.2. The summed E-state index contributed by atoms with van der Waals surface area (Å²) in [5, 5.41) is 12.1. The van der Waals surface area contributed by atoms with Crippen molar-refractivity contribution in [2.75, 3.05) is 0 Å². The molecule has 0 bridgehead atoms. The fourth-order valence-electron chi connectivity index (χ4n) is 2.87. The maximum absolute atomic E-state index is 13.4. The number of pyridine rings is 1. The number of amides is 1. The lowest BCUT2D eigenvalue weighted by Crippen LogP contribution is -2.41. The standard InChI is InChI=1S/C24H22FN3O3/c1-16(2)22(31-21-11-4-3-7-17(21)14-26)23(29)28-15-18-8-6-12-27-24(18)30-20-10-5-9-19(25)13-20/h3-13,16,22H,15H2,1-2H3,(H,28,29). The minimum absolute atomic E-state index is 0.135. The number of halogens is 1. The van der Waals surface area contributed by atoms with E-state index >= 15 is 0 Å². The van der Waals surface area contributed by atoms with Crippen LogP contribution in [-0.4, -0.2) is 17.0 Å². The molecule has 0 spiro atoms. The molecule has 0 saturated carbocycles. The molecule has 7 heteroatoms. The van der Waals surface area contributed by atoms with Gasteiger partial charge in [0.05, 0.1) is 5.56 Å². The predicted octanol–water partition coefficient (Wildman–Crippen LogP) is 4.60. The molecule has 1 unspecified atom stereocenters. The largest absolute Gasteiger partial charge is 0.479 e. The van der Waals surface area contributed by atoms with Crippen LogP contribution in [0.5, 0.6) is 17.4 Å². The number of carbonyl (C=O) groups excluding carboxylic acids is 1. The fourth-order valence-corrected chi connectivity index (χ4v) is 2.87. The Labute approximate surface area is 180 Å². The number of aromatic nitrogens is 1. The van der Waals surface area contributed by atoms with E-state index in [1.807, 2.05) is 13.8 Å². The van der Waals surface area contributed by atoms with E-state index in [0.29, 0.717) is 22.6 Å². The van der Waals surface area contributed by atoms with Gasteiger partial charge in [-0.1, -0.05) is 38.1 Å². The summed E-state index contributed by atoms with van der Waals surface area (Å²) < 4.78 is 25.0. The van der Waals surface area contributed by atoms with E-state index in [4.69, 9.17) is 9.47 Å². The number of nitrogens with zero attached hydrogens (tertiary/aromatic N) is 2. The van der Waals surface area contributed by atoms with Crippen LogP contribution in [0.2, 0.25) is 0 Å². The molecule has 3 rings (SSSR count). The number of hydrogen-bond acceptors (Lipinski definition) is 5. The smallest absolute Gasteiger partial charge is 0.261 e. The van der Waals surface area contributed by atoms with E-state index in [2.05, 4.69) is 16.4 Å². The minimum Gasteiger partial charge on any atom is -0.479 e. The van der Waals surface area contributed by atoms with Crippen LogP contribution in [-0.2, 0) is 11.3 Å². The third kappa shape index (κ3) is 5.80. The average molecular weight is 419 g/mol. The maximum atomic E-state index is 13.4. The van der Waals surface area contributed by atoms with Crippen molar-refractivity contribution in [3.8, 4) is 23.4 Å². The summed E-state index contributed by atoms with van der Waals surface area (Å²) in [4.78, 5) is 17.0. The Kier molecular flexibility index (Phi) is 7.17. The zero-order valence-corrected chi connectivity index (χ0v) is 17.2. The van der Waals surface area contributed by atoms with Crippen molar-refractivity contribution in [2.24, 2.45) is 5.92 Å². The first-order chi connectivity index (χ1) is 15.0. The van der Waals surface area contributed by atoms with E-state index in [9.17, 15) is 14.4 Å². The Hall–Kier alpha value is -3.92. The van der Waals surface area contributed by atoms with Crippen molar-refractivity contribution < 1.29 is 18.7 Å². The van der Waals surface area contributed by atoms with Gasteiger partial charge in [-0.05, 0) is 36.2 Å². The van der Waals surface area contributed by atoms with Gasteiger partial charge in [0.2, 0.25) is 5.88 Å². The van der Waals surface area contributed by atoms with Crippen LogP contribution < -0.4 is 14.8 Å². The first kappa shape index (κ1) is 21.8. The second-order valence-corrected chi connectivity index (χ2v) is 7.14. The number of benzene rings is 2. The van der Waals surface area contributed by atoms with Crippen molar-refractivity contribution in [2.45, 2.75) is 26.5 Å². The van der Waals surface area contributed by atoms with Gasteiger partial charge in [-0.15, -0.1) is 0 Å². The van der Waals surface area contributed by atoms with Gasteiger partial charge in [0.25, 0.3) is 5.91 Å². The van der Waals surface area contributed by atoms with Crippen molar-refractivity contribution in [1.82, 2.24) is 10.3 Å². The molecule has 6 nitrogen and oxygen atoms in total. The summed E-state index contributed by atoms with van der Waals surface area (Å²) in [6.07, 6.45) is 0.762. The molecule has 0 radical (unpaired) electrons. The third-order valence-corrected chi connectivity index (χ3v) is 4.44. The normalized spacial score (nSPS) is 11.5. The Morgan fingerprint density at radius 2 is 1.97 bits per heavy atom. The van der Waals surface area contributed by atoms with Crippen LogP contribution in [0.1, 0.15) is 25.0 Å². The molecule has 1 aromatic heterocycles. The molecule has 3 aromatic rings. The molecule has 1 heterocycles. The number of nitriles is 1. The fraction of sp³-hybridized carbons (Fsp3) is 0.208. The molecular weight excluding hydrogens is 397 g/mol. The highest BCUT2D eigenvalue weighted by Gasteiger charge is 2.25. The van der Waals surface area contributed by atoms with E-state index in [0.717, 1.165) is 0 Å². The van der Waals surface area contributed by atoms with Gasteiger partial charge >= 0.3 is 0 Å². The molecule has 1 atom stereocenters. The highest BCUT2D eigenvalue weighted by atomic mass is 19.1. The molecule has 158 valence electrons. The van der Waals surface area contributed by atoms with Gasteiger partial charge in [-0.2, -0.15) is 5.26 Å². The van der Waals surface area contributed by atoms with Gasteiger partial charge in [0.1, 0.15) is 23.4 Å². The summed E-state index contributed by atoms with van der Waals surface area (Å²) >= 11 is 0. The maximum Gasteiger partial charge on any atom is 0.261 e. The van der Waals surface area contributed by atoms with E-state index in [-0.39, 0.29) is 24.2 Å². The molecule has 2 aromatic carbocycles. The van der Waals surface area contributed by atoms with Gasteiger partial charge in [0, 0.05) is 24.4 Å². The van der Waals surface area contributed by atoms with E-state index < -0.39 is 11.9 Å². The minimum atomic E-state index is -0.793. The monoisotopic (exact) mass is 419 g/mol. The number of nitrogens with one attached hydrogen (secondary N) is 1. The van der Waals surface area contributed by atoms with Gasteiger partial charge in [0.15, 0.2) is 6.10 Å². The van der Waals surface area contributed by atoms with Crippen LogP contribution >= 0.6 is 0 Å². The molecule has 1 amide bonds. The summed E-state index contributed by atoms with van der Waals surface area (Å²) in [6, 6.07) is 18.1. The van der Waals surface area contributed by atoms with E-state index in [1.54, 1.807) is 54.7 Å².